The predicted molar refractivity (Wildman–Crippen MR) is 45.9 cm³/mol. The lowest BCUT2D eigenvalue weighted by molar-refractivity contribution is -0.127. The van der Waals surface area contributed by atoms with Gasteiger partial charge in [-0.15, -0.1) is 0 Å². The molecule has 0 unspecified atom stereocenters. The molecule has 0 atom stereocenters. The fourth-order valence-electron chi connectivity index (χ4n) is 1.02. The van der Waals surface area contributed by atoms with Crippen molar-refractivity contribution >= 4 is 11.6 Å². The highest BCUT2D eigenvalue weighted by Crippen LogP contribution is 2.24. The molecule has 5 heteroatoms. The molecule has 0 fully saturated rings. The number of benzene rings is 1. The van der Waals surface area contributed by atoms with E-state index in [9.17, 15) is 13.2 Å². The van der Waals surface area contributed by atoms with Crippen LogP contribution in [-0.4, -0.2) is 6.18 Å². The molecule has 1 aromatic rings. The van der Waals surface area contributed by atoms with Gasteiger partial charge in [0, 0.05) is 5.02 Å². The fraction of sp³-hybridized carbons (Fsp3) is 0.222. The maximum Gasteiger partial charge on any atom is 0.393 e. The highest BCUT2D eigenvalue weighted by molar-refractivity contribution is 6.30. The van der Waals surface area contributed by atoms with Gasteiger partial charge in [0.1, 0.15) is 0 Å². The molecule has 0 aliphatic heterocycles. The molecular weight excluding hydrogens is 215 g/mol. The Hall–Kier alpha value is -1.21. The van der Waals surface area contributed by atoms with Crippen molar-refractivity contribution < 1.29 is 13.2 Å². The second-order valence-corrected chi connectivity index (χ2v) is 3.14. The van der Waals surface area contributed by atoms with Crippen LogP contribution in [0.1, 0.15) is 11.1 Å². The van der Waals surface area contributed by atoms with Gasteiger partial charge in [-0.3, -0.25) is 0 Å². The Balaban J connectivity index is 3.05. The minimum Gasteiger partial charge on any atom is -0.192 e. The third-order valence-corrected chi connectivity index (χ3v) is 1.82. The molecular formula is C9H5ClF3N. The van der Waals surface area contributed by atoms with Crippen molar-refractivity contribution in [1.29, 1.82) is 5.26 Å². The molecule has 0 aliphatic carbocycles. The van der Waals surface area contributed by atoms with Crippen LogP contribution in [0.5, 0.6) is 0 Å². The van der Waals surface area contributed by atoms with Crippen molar-refractivity contribution in [2.24, 2.45) is 0 Å². The quantitative estimate of drug-likeness (QED) is 0.711. The van der Waals surface area contributed by atoms with Crippen LogP contribution in [-0.2, 0) is 6.42 Å². The summed E-state index contributed by atoms with van der Waals surface area (Å²) in [5.41, 5.74) is -0.0841. The SMILES string of the molecule is N#Cc1cc(Cl)ccc1CC(F)(F)F. The van der Waals surface area contributed by atoms with Crippen molar-refractivity contribution in [3.63, 3.8) is 0 Å². The van der Waals surface area contributed by atoms with Crippen LogP contribution in [0.2, 0.25) is 5.02 Å². The first-order chi connectivity index (χ1) is 6.42. The summed E-state index contributed by atoms with van der Waals surface area (Å²) in [7, 11) is 0. The second kappa shape index (κ2) is 3.89. The summed E-state index contributed by atoms with van der Waals surface area (Å²) in [4.78, 5) is 0. The largest absolute Gasteiger partial charge is 0.393 e. The fourth-order valence-corrected chi connectivity index (χ4v) is 1.19. The van der Waals surface area contributed by atoms with Gasteiger partial charge in [0.2, 0.25) is 0 Å². The zero-order valence-corrected chi connectivity index (χ0v) is 7.65. The van der Waals surface area contributed by atoms with Crippen LogP contribution in [0.3, 0.4) is 0 Å². The lowest BCUT2D eigenvalue weighted by Crippen LogP contribution is -2.12. The van der Waals surface area contributed by atoms with Gasteiger partial charge in [-0.25, -0.2) is 0 Å². The molecule has 0 amide bonds. The zero-order chi connectivity index (χ0) is 10.8. The molecule has 0 saturated heterocycles. The van der Waals surface area contributed by atoms with Gasteiger partial charge in [-0.2, -0.15) is 18.4 Å². The smallest absolute Gasteiger partial charge is 0.192 e. The van der Waals surface area contributed by atoms with Crippen LogP contribution < -0.4 is 0 Å². The molecule has 0 bridgehead atoms. The number of alkyl halides is 3. The van der Waals surface area contributed by atoms with Gasteiger partial charge in [0.15, 0.2) is 0 Å². The van der Waals surface area contributed by atoms with Crippen LogP contribution >= 0.6 is 11.6 Å². The lowest BCUT2D eigenvalue weighted by Gasteiger charge is -2.07. The maximum atomic E-state index is 12.0. The van der Waals surface area contributed by atoms with E-state index in [1.807, 2.05) is 0 Å². The van der Waals surface area contributed by atoms with Crippen molar-refractivity contribution in [3.05, 3.63) is 34.3 Å². The van der Waals surface area contributed by atoms with E-state index in [4.69, 9.17) is 16.9 Å². The normalized spacial score (nSPS) is 11.1. The summed E-state index contributed by atoms with van der Waals surface area (Å²) >= 11 is 5.53. The van der Waals surface area contributed by atoms with E-state index in [0.717, 1.165) is 0 Å². The second-order valence-electron chi connectivity index (χ2n) is 2.71. The molecule has 0 aliphatic rings. The van der Waals surface area contributed by atoms with E-state index in [-0.39, 0.29) is 16.1 Å². The Morgan fingerprint density at radius 3 is 2.50 bits per heavy atom. The molecule has 1 rings (SSSR count). The number of rotatable bonds is 1. The van der Waals surface area contributed by atoms with Crippen LogP contribution in [0.15, 0.2) is 18.2 Å². The first kappa shape index (κ1) is 10.9. The number of hydrogen-bond acceptors (Lipinski definition) is 1. The van der Waals surface area contributed by atoms with E-state index in [2.05, 4.69) is 0 Å². The van der Waals surface area contributed by atoms with Crippen LogP contribution in [0.4, 0.5) is 13.2 Å². The molecule has 0 aromatic heterocycles. The van der Waals surface area contributed by atoms with E-state index in [1.54, 1.807) is 6.07 Å². The standard InChI is InChI=1S/C9H5ClF3N/c10-8-2-1-6(4-9(11,12)13)7(3-8)5-14/h1-3H,4H2. The number of nitriles is 1. The Kier molecular flexibility index (Phi) is 3.02. The lowest BCUT2D eigenvalue weighted by atomic mass is 10.1. The van der Waals surface area contributed by atoms with Crippen LogP contribution in [0.25, 0.3) is 0 Å². The van der Waals surface area contributed by atoms with Gasteiger partial charge in [-0.05, 0) is 17.7 Å². The van der Waals surface area contributed by atoms with E-state index in [1.165, 1.54) is 18.2 Å². The monoisotopic (exact) mass is 219 g/mol. The van der Waals surface area contributed by atoms with E-state index < -0.39 is 12.6 Å². The molecule has 14 heavy (non-hydrogen) atoms. The molecule has 0 radical (unpaired) electrons. The summed E-state index contributed by atoms with van der Waals surface area (Å²) in [6, 6.07) is 5.45. The van der Waals surface area contributed by atoms with Gasteiger partial charge >= 0.3 is 6.18 Å². The van der Waals surface area contributed by atoms with Gasteiger partial charge in [0.05, 0.1) is 18.1 Å². The average Bonchev–Trinajstić information content (AvgIpc) is 2.06. The van der Waals surface area contributed by atoms with Gasteiger partial charge < -0.3 is 0 Å². The topological polar surface area (TPSA) is 23.8 Å². The molecule has 74 valence electrons. The maximum absolute atomic E-state index is 12.0. The minimum absolute atomic E-state index is 0.0326. The zero-order valence-electron chi connectivity index (χ0n) is 6.90. The Bertz CT molecular complexity index is 379. The highest BCUT2D eigenvalue weighted by Gasteiger charge is 2.28. The summed E-state index contributed by atoms with van der Waals surface area (Å²) in [5, 5.41) is 8.82. The Morgan fingerprint density at radius 1 is 1.36 bits per heavy atom. The predicted octanol–water partition coefficient (Wildman–Crippen LogP) is 3.32. The summed E-state index contributed by atoms with van der Waals surface area (Å²) < 4.78 is 36.0. The molecule has 0 spiro atoms. The average molecular weight is 220 g/mol. The first-order valence-electron chi connectivity index (χ1n) is 3.67. The van der Waals surface area contributed by atoms with Crippen molar-refractivity contribution in [1.82, 2.24) is 0 Å². The van der Waals surface area contributed by atoms with E-state index in [0.29, 0.717) is 0 Å². The number of nitrogens with zero attached hydrogens (tertiary/aromatic N) is 1. The van der Waals surface area contributed by atoms with Crippen LogP contribution in [0, 0.1) is 11.3 Å². The third kappa shape index (κ3) is 2.93. The molecule has 0 N–H and O–H groups in total. The molecule has 1 aromatic carbocycles. The van der Waals surface area contributed by atoms with Gasteiger partial charge in [-0.1, -0.05) is 17.7 Å². The third-order valence-electron chi connectivity index (χ3n) is 1.58. The molecule has 0 heterocycles. The van der Waals surface area contributed by atoms with Crippen molar-refractivity contribution in [2.45, 2.75) is 12.6 Å². The highest BCUT2D eigenvalue weighted by atomic mass is 35.5. The number of halogens is 4. The minimum atomic E-state index is -4.31. The van der Waals surface area contributed by atoms with Gasteiger partial charge in [0.25, 0.3) is 0 Å². The van der Waals surface area contributed by atoms with E-state index >= 15 is 0 Å². The first-order valence-corrected chi connectivity index (χ1v) is 4.05. The number of hydrogen-bond donors (Lipinski definition) is 0. The Morgan fingerprint density at radius 2 is 2.00 bits per heavy atom. The van der Waals surface area contributed by atoms with Crippen molar-refractivity contribution in [3.8, 4) is 6.07 Å². The molecule has 0 saturated carbocycles. The summed E-state index contributed by atoms with van der Waals surface area (Å²) in [5.74, 6) is 0. The summed E-state index contributed by atoms with van der Waals surface area (Å²) in [6.07, 6.45) is -5.41. The van der Waals surface area contributed by atoms with Crippen molar-refractivity contribution in [2.75, 3.05) is 0 Å². The Labute approximate surface area is 83.7 Å². The molecule has 1 nitrogen and oxygen atoms in total. The summed E-state index contributed by atoms with van der Waals surface area (Å²) in [6.45, 7) is 0.